The predicted molar refractivity (Wildman–Crippen MR) is 398 cm³/mol. The normalized spacial score (nSPS) is 14.7. The molecule has 84 heavy (non-hydrogen) atoms. The topological polar surface area (TPSA) is 0 Å². The summed E-state index contributed by atoms with van der Waals surface area (Å²) < 4.78 is 0. The Morgan fingerprint density at radius 2 is 0.512 bits per heavy atom. The van der Waals surface area contributed by atoms with Crippen LogP contribution in [0, 0.1) is 99.5 Å². The standard InChI is InChI=1S/C18H30.3C12H26.C11H24.C10H22.C9H20/c1-17(2,3)13-12-16(18(4,5)6)14-15-10-8-7-9-11-15;1-10(8-11(2,3)4)9-12(5,6)7;2*1-10(12(5,6)7)8-9-11(2,3)4;1-10(2,3)8-7-9-11(4,5)6;1-9(2,3)7-8-10(4,5)6;1-8(2,3)7-9(4,5)6/h7-11,16H,12-14H2,1-6H3;3*10H,8-9H2,1-7H3;7-9H2,1-6H3;7-8H2,1-6H3;7H2,1-6H3. The van der Waals surface area contributed by atoms with E-state index >= 15 is 0 Å². The molecule has 1 rings (SSSR count). The molecule has 510 valence electrons. The van der Waals surface area contributed by atoms with Gasteiger partial charge < -0.3 is 0 Å². The van der Waals surface area contributed by atoms with E-state index in [9.17, 15) is 0 Å². The van der Waals surface area contributed by atoms with Gasteiger partial charge in [0.1, 0.15) is 0 Å². The maximum absolute atomic E-state index is 2.38. The van der Waals surface area contributed by atoms with Gasteiger partial charge in [0, 0.05) is 0 Å². The molecule has 0 heterocycles. The van der Waals surface area contributed by atoms with Crippen molar-refractivity contribution in [2.24, 2.45) is 99.5 Å². The highest BCUT2D eigenvalue weighted by molar-refractivity contribution is 5.15. The molecule has 0 aliphatic heterocycles. The van der Waals surface area contributed by atoms with Gasteiger partial charge in [0.2, 0.25) is 0 Å². The molecule has 0 bridgehead atoms. The zero-order valence-electron chi connectivity index (χ0n) is 68.3. The van der Waals surface area contributed by atoms with Crippen molar-refractivity contribution in [2.45, 2.75) is 408 Å². The van der Waals surface area contributed by atoms with Crippen LogP contribution in [0.15, 0.2) is 30.3 Å². The molecular weight excluding hydrogens is 1010 g/mol. The van der Waals surface area contributed by atoms with Crippen molar-refractivity contribution in [3.63, 3.8) is 0 Å². The van der Waals surface area contributed by atoms with Gasteiger partial charge in [-0.2, -0.15) is 0 Å². The molecule has 0 aromatic heterocycles. The van der Waals surface area contributed by atoms with Gasteiger partial charge >= 0.3 is 0 Å². The molecule has 0 aliphatic carbocycles. The van der Waals surface area contributed by atoms with Crippen molar-refractivity contribution in [3.05, 3.63) is 35.9 Å². The lowest BCUT2D eigenvalue weighted by atomic mass is 9.72. The second kappa shape index (κ2) is 38.8. The Morgan fingerprint density at radius 3 is 0.702 bits per heavy atom. The van der Waals surface area contributed by atoms with E-state index in [1.165, 1.54) is 102 Å². The highest BCUT2D eigenvalue weighted by atomic mass is 14.3. The van der Waals surface area contributed by atoms with E-state index in [1.807, 2.05) is 0 Å². The van der Waals surface area contributed by atoms with Crippen molar-refractivity contribution in [1.82, 2.24) is 0 Å². The first-order valence-corrected chi connectivity index (χ1v) is 35.2. The predicted octanol–water partition coefficient (Wildman–Crippen LogP) is 30.8. The molecule has 3 atom stereocenters. The SMILES string of the molecule is CC(C)(C)CC(C)(C)C.CC(C)(C)CCC(C)(C)C.CC(C)(C)CCC(Cc1ccccc1)C(C)(C)C.CC(C)(C)CCCC(C)(C)C.CC(CC(C)(C)C)CC(C)(C)C.CC(CCC(C)(C)C)C(C)(C)C.CC(CCC(C)(C)C)C(C)(C)C. The van der Waals surface area contributed by atoms with Crippen LogP contribution in [0.25, 0.3) is 0 Å². The van der Waals surface area contributed by atoms with Crippen LogP contribution in [0.3, 0.4) is 0 Å². The summed E-state index contributed by atoms with van der Waals surface area (Å²) in [7, 11) is 0. The first-order valence-electron chi connectivity index (χ1n) is 35.2. The summed E-state index contributed by atoms with van der Waals surface area (Å²) in [5.74, 6) is 3.28. The molecule has 0 aliphatic rings. The molecule has 0 radical (unpaired) electrons. The van der Waals surface area contributed by atoms with Gasteiger partial charge in [0.05, 0.1) is 0 Å². The van der Waals surface area contributed by atoms with Crippen molar-refractivity contribution < 1.29 is 0 Å². The van der Waals surface area contributed by atoms with E-state index in [0.717, 1.165) is 23.7 Å². The van der Waals surface area contributed by atoms with Crippen molar-refractivity contribution in [2.75, 3.05) is 0 Å². The Bertz CT molecular complexity index is 1570. The lowest BCUT2D eigenvalue weighted by Gasteiger charge is -2.33. The van der Waals surface area contributed by atoms with Crippen LogP contribution in [-0.2, 0) is 6.42 Å². The number of hydrogen-bond donors (Lipinski definition) is 0. The summed E-state index contributed by atoms with van der Waals surface area (Å²) in [5, 5.41) is 0. The van der Waals surface area contributed by atoms with E-state index in [0.29, 0.717) is 75.8 Å². The summed E-state index contributed by atoms with van der Waals surface area (Å²) in [6.07, 6.45) is 19.9. The zero-order valence-corrected chi connectivity index (χ0v) is 68.3. The maximum atomic E-state index is 2.38. The van der Waals surface area contributed by atoms with Gasteiger partial charge in [-0.1, -0.05) is 348 Å². The Hall–Kier alpha value is -0.780. The van der Waals surface area contributed by atoms with E-state index in [2.05, 4.69) is 342 Å². The van der Waals surface area contributed by atoms with Crippen LogP contribution in [0.5, 0.6) is 0 Å². The summed E-state index contributed by atoms with van der Waals surface area (Å²) in [6, 6.07) is 10.9. The minimum atomic E-state index is 0.390. The molecule has 0 N–H and O–H groups in total. The molecule has 0 amide bonds. The van der Waals surface area contributed by atoms with Gasteiger partial charge in [-0.05, 0) is 195 Å². The van der Waals surface area contributed by atoms with E-state index in [1.54, 1.807) is 0 Å². The average molecular weight is 1180 g/mol. The maximum Gasteiger partial charge on any atom is -0.0245 e. The second-order valence-corrected chi connectivity index (χ2v) is 44.1. The molecular formula is C84H174. The third kappa shape index (κ3) is 85.4. The Kier molecular flexibility index (Phi) is 43.6. The van der Waals surface area contributed by atoms with Gasteiger partial charge in [-0.25, -0.2) is 0 Å². The third-order valence-electron chi connectivity index (χ3n) is 15.9. The third-order valence-corrected chi connectivity index (χ3v) is 15.9. The fourth-order valence-corrected chi connectivity index (χ4v) is 10.2. The summed E-state index contributed by atoms with van der Waals surface area (Å²) >= 11 is 0. The smallest absolute Gasteiger partial charge is 0.0245 e. The Labute approximate surface area is 540 Å². The van der Waals surface area contributed by atoms with Crippen molar-refractivity contribution in [3.8, 4) is 0 Å². The number of benzene rings is 1. The quantitative estimate of drug-likeness (QED) is 0.185. The van der Waals surface area contributed by atoms with E-state index < -0.39 is 0 Å². The van der Waals surface area contributed by atoms with Gasteiger partial charge in [-0.3, -0.25) is 0 Å². The monoisotopic (exact) mass is 1180 g/mol. The van der Waals surface area contributed by atoms with Gasteiger partial charge in [-0.15, -0.1) is 0 Å². The van der Waals surface area contributed by atoms with Crippen LogP contribution in [0.2, 0.25) is 0 Å². The molecule has 1 aromatic carbocycles. The van der Waals surface area contributed by atoms with Crippen LogP contribution in [-0.4, -0.2) is 0 Å². The molecule has 0 saturated carbocycles. The summed E-state index contributed by atoms with van der Waals surface area (Å²) in [5.41, 5.74) is 8.27. The first-order chi connectivity index (χ1) is 36.2. The van der Waals surface area contributed by atoms with Crippen LogP contribution in [0.4, 0.5) is 0 Å². The minimum Gasteiger partial charge on any atom is -0.0625 e. The minimum absolute atomic E-state index is 0.390. The lowest BCUT2D eigenvalue weighted by molar-refractivity contribution is 0.195. The van der Waals surface area contributed by atoms with Gasteiger partial charge in [0.15, 0.2) is 0 Å². The van der Waals surface area contributed by atoms with E-state index in [-0.39, 0.29) is 0 Å². The molecule has 1 aromatic rings. The summed E-state index contributed by atoms with van der Waals surface area (Å²) in [4.78, 5) is 0. The fraction of sp³-hybridized carbons (Fsp3) is 0.929. The second-order valence-electron chi connectivity index (χ2n) is 44.1. The first kappa shape index (κ1) is 94.3. The average Bonchev–Trinajstić information content (AvgIpc) is 3.15. The molecule has 0 fully saturated rings. The lowest BCUT2D eigenvalue weighted by Crippen LogP contribution is -2.24. The van der Waals surface area contributed by atoms with Crippen LogP contribution < -0.4 is 0 Å². The largest absolute Gasteiger partial charge is 0.0625 e. The molecule has 0 nitrogen and oxygen atoms in total. The number of rotatable bonds is 13. The molecule has 0 heteroatoms. The summed E-state index contributed by atoms with van der Waals surface area (Å²) in [6.45, 7) is 105. The molecule has 0 spiro atoms. The molecule has 3 unspecified atom stereocenters. The Morgan fingerprint density at radius 1 is 0.262 bits per heavy atom. The van der Waals surface area contributed by atoms with Crippen LogP contribution in [0.1, 0.15) is 407 Å². The Balaban J connectivity index is -0.000000214. The van der Waals surface area contributed by atoms with Crippen molar-refractivity contribution >= 4 is 0 Å². The fourth-order valence-electron chi connectivity index (χ4n) is 10.2. The molecule has 0 saturated heterocycles. The van der Waals surface area contributed by atoms with Crippen LogP contribution >= 0.6 is 0 Å². The van der Waals surface area contributed by atoms with Crippen molar-refractivity contribution in [1.29, 1.82) is 0 Å². The zero-order chi connectivity index (χ0) is 69.0. The van der Waals surface area contributed by atoms with E-state index in [4.69, 9.17) is 0 Å². The highest BCUT2D eigenvalue weighted by Gasteiger charge is 2.28. The number of hydrogen-bond acceptors (Lipinski definition) is 0. The highest BCUT2D eigenvalue weighted by Crippen LogP contribution is 2.38. The van der Waals surface area contributed by atoms with Gasteiger partial charge in [0.25, 0.3) is 0 Å².